The highest BCUT2D eigenvalue weighted by Crippen LogP contribution is 2.20. The van der Waals surface area contributed by atoms with E-state index in [-0.39, 0.29) is 42.9 Å². The number of H-pyrrole nitrogens is 1. The second-order valence-electron chi connectivity index (χ2n) is 19.3. The summed E-state index contributed by atoms with van der Waals surface area (Å²) < 4.78 is 0. The maximum Gasteiger partial charge on any atom is 0.328 e. The zero-order valence-electron chi connectivity index (χ0n) is 41.4. The topological polar surface area (TPSA) is 352 Å². The molecule has 0 aliphatic rings. The van der Waals surface area contributed by atoms with Gasteiger partial charge in [-0.2, -0.15) is 0 Å². The molecule has 14 N–H and O–H groups in total. The van der Waals surface area contributed by atoms with E-state index in [2.05, 4.69) is 42.2 Å². The van der Waals surface area contributed by atoms with Crippen LogP contribution >= 0.6 is 0 Å². The number of nitrogens with two attached hydrogens (primary N) is 1. The number of aliphatic hydroxyl groups excluding tert-OH is 2. The van der Waals surface area contributed by atoms with Crippen molar-refractivity contribution >= 4 is 64.1 Å². The number of aromatic nitrogens is 1. The number of benzene rings is 1. The Morgan fingerprint density at radius 1 is 0.536 bits per heavy atom. The fourth-order valence-electron chi connectivity index (χ4n) is 7.32. The number of para-hydroxylation sites is 1. The largest absolute Gasteiger partial charge is 0.480 e. The van der Waals surface area contributed by atoms with Crippen molar-refractivity contribution < 1.29 is 58.5 Å². The van der Waals surface area contributed by atoms with Crippen molar-refractivity contribution in [2.75, 3.05) is 19.8 Å². The monoisotopic (exact) mass is 973 g/mol. The molecule has 0 spiro atoms. The van der Waals surface area contributed by atoms with Crippen LogP contribution in [0.15, 0.2) is 30.5 Å². The Balaban J connectivity index is 2.31. The molecule has 8 amide bonds. The van der Waals surface area contributed by atoms with Gasteiger partial charge in [-0.05, 0) is 60.5 Å². The molecule has 8 atom stereocenters. The van der Waals surface area contributed by atoms with E-state index in [1.807, 2.05) is 52.9 Å². The lowest BCUT2D eigenvalue weighted by molar-refractivity contribution is -0.143. The van der Waals surface area contributed by atoms with Crippen LogP contribution in [0.5, 0.6) is 0 Å². The van der Waals surface area contributed by atoms with Crippen LogP contribution in [-0.4, -0.2) is 142 Å². The lowest BCUT2D eigenvalue weighted by Gasteiger charge is -2.28. The minimum absolute atomic E-state index is 0.0804. The highest BCUT2D eigenvalue weighted by Gasteiger charge is 2.35. The van der Waals surface area contributed by atoms with E-state index in [9.17, 15) is 58.5 Å². The second-order valence-corrected chi connectivity index (χ2v) is 19.3. The number of aliphatic hydroxyl groups is 2. The maximum absolute atomic E-state index is 14.1. The summed E-state index contributed by atoms with van der Waals surface area (Å²) in [5.74, 6) is -8.75. The molecule has 2 aromatic rings. The van der Waals surface area contributed by atoms with E-state index >= 15 is 0 Å². The Morgan fingerprint density at radius 2 is 0.986 bits per heavy atom. The molecule has 1 heterocycles. The number of hydrogen-bond acceptors (Lipinski definition) is 12. The SMILES string of the molecule is CC(C)C[C@H](NC(=O)[C@H](CC(C)C)NC(=O)[C@@H](NC(=O)[C@@H](N)CC(C)C)C(C)C)C(=O)NCC(=O)N[C@@H](Cc1c[nH]c2ccccc12)C(=O)N[C@H](C(=O)N[C@@H](CO)C(=O)N[C@@H](CO)C(=O)O)C(C)C. The molecule has 0 bridgehead atoms. The van der Waals surface area contributed by atoms with Crippen LogP contribution in [0.2, 0.25) is 0 Å². The van der Waals surface area contributed by atoms with Gasteiger partial charge in [-0.15, -0.1) is 0 Å². The number of carbonyl (C=O) groups excluding carboxylic acids is 8. The summed E-state index contributed by atoms with van der Waals surface area (Å²) in [5.41, 5.74) is 7.44. The highest BCUT2D eigenvalue weighted by atomic mass is 16.4. The Bertz CT molecular complexity index is 2070. The standard InChI is InChI=1S/C47H76N10O12/c1-23(2)15-30(48)40(61)56-38(26(7)8)45(66)53-33(17-25(5)6)42(63)52-32(16-24(3)4)41(62)50-20-37(60)51-34(18-28-19-49-31-14-12-11-13-29(28)31)43(64)57-39(27(9)10)46(67)54-35(21-58)44(65)55-36(22-59)47(68)69/h11-14,19,23-27,30,32-36,38-39,49,58-59H,15-18,20-22,48H2,1-10H3,(H,50,62)(H,51,60)(H,52,63)(H,53,66)(H,54,67)(H,55,65)(H,56,61)(H,57,64)(H,68,69)/t30-,32-,33-,34-,35-,36-,38-,39-/m0/s1. The first-order valence-corrected chi connectivity index (χ1v) is 23.4. The normalized spacial score (nSPS) is 15.0. The molecular weight excluding hydrogens is 897 g/mol. The third-order valence-corrected chi connectivity index (χ3v) is 11.0. The number of fused-ring (bicyclic) bond motifs is 1. The van der Waals surface area contributed by atoms with Gasteiger partial charge in [-0.1, -0.05) is 87.4 Å². The Kier molecular flexibility index (Phi) is 24.3. The Hall–Kier alpha value is -6.13. The van der Waals surface area contributed by atoms with Crippen LogP contribution < -0.4 is 48.3 Å². The third kappa shape index (κ3) is 19.4. The van der Waals surface area contributed by atoms with Gasteiger partial charge in [0.05, 0.1) is 25.8 Å². The predicted octanol–water partition coefficient (Wildman–Crippen LogP) is -0.933. The van der Waals surface area contributed by atoms with Gasteiger partial charge in [-0.3, -0.25) is 38.4 Å². The number of carboxylic acids is 1. The summed E-state index contributed by atoms with van der Waals surface area (Å²) in [6.45, 7) is 15.3. The summed E-state index contributed by atoms with van der Waals surface area (Å²) in [6.07, 6.45) is 2.30. The zero-order valence-corrected chi connectivity index (χ0v) is 41.4. The fourth-order valence-corrected chi connectivity index (χ4v) is 7.32. The van der Waals surface area contributed by atoms with Crippen LogP contribution in [0.3, 0.4) is 0 Å². The van der Waals surface area contributed by atoms with E-state index in [1.165, 1.54) is 0 Å². The number of aromatic amines is 1. The van der Waals surface area contributed by atoms with Crippen LogP contribution in [0.4, 0.5) is 0 Å². The summed E-state index contributed by atoms with van der Waals surface area (Å²) in [7, 11) is 0. The summed E-state index contributed by atoms with van der Waals surface area (Å²) in [6, 6.07) is -2.97. The first-order chi connectivity index (χ1) is 32.3. The van der Waals surface area contributed by atoms with Gasteiger partial charge in [0.15, 0.2) is 0 Å². The molecule has 22 heteroatoms. The van der Waals surface area contributed by atoms with Gasteiger partial charge in [0, 0.05) is 23.5 Å². The summed E-state index contributed by atoms with van der Waals surface area (Å²) in [4.78, 5) is 123. The molecule has 0 saturated heterocycles. The first-order valence-electron chi connectivity index (χ1n) is 23.4. The molecule has 1 aromatic carbocycles. The molecule has 69 heavy (non-hydrogen) atoms. The van der Waals surface area contributed by atoms with E-state index in [1.54, 1.807) is 52.1 Å². The van der Waals surface area contributed by atoms with Crippen molar-refractivity contribution in [3.05, 3.63) is 36.0 Å². The second kappa shape index (κ2) is 28.4. The van der Waals surface area contributed by atoms with E-state index in [4.69, 9.17) is 5.73 Å². The summed E-state index contributed by atoms with van der Waals surface area (Å²) in [5, 5.41) is 49.4. The lowest BCUT2D eigenvalue weighted by Crippen LogP contribution is -2.60. The van der Waals surface area contributed by atoms with Crippen molar-refractivity contribution in [1.82, 2.24) is 47.5 Å². The van der Waals surface area contributed by atoms with Crippen molar-refractivity contribution in [2.45, 2.75) is 143 Å². The molecule has 0 aliphatic carbocycles. The molecule has 1 aromatic heterocycles. The number of hydrogen-bond donors (Lipinski definition) is 13. The summed E-state index contributed by atoms with van der Waals surface area (Å²) >= 11 is 0. The van der Waals surface area contributed by atoms with E-state index < -0.39 is 127 Å². The van der Waals surface area contributed by atoms with Gasteiger partial charge in [0.2, 0.25) is 47.3 Å². The molecule has 386 valence electrons. The number of carboxylic acid groups (broad SMARTS) is 1. The van der Waals surface area contributed by atoms with Crippen molar-refractivity contribution in [1.29, 1.82) is 0 Å². The minimum atomic E-state index is -1.71. The van der Waals surface area contributed by atoms with Crippen LogP contribution in [-0.2, 0) is 49.6 Å². The minimum Gasteiger partial charge on any atom is -0.480 e. The molecule has 0 unspecified atom stereocenters. The highest BCUT2D eigenvalue weighted by molar-refractivity contribution is 5.98. The van der Waals surface area contributed by atoms with Crippen molar-refractivity contribution in [3.8, 4) is 0 Å². The molecular formula is C47H76N10O12. The van der Waals surface area contributed by atoms with Crippen molar-refractivity contribution in [2.24, 2.45) is 35.3 Å². The van der Waals surface area contributed by atoms with Crippen LogP contribution in [0, 0.1) is 29.6 Å². The average Bonchev–Trinajstić information content (AvgIpc) is 3.67. The first kappa shape index (κ1) is 59.0. The number of rotatable bonds is 29. The number of aliphatic carboxylic acids is 1. The van der Waals surface area contributed by atoms with Crippen LogP contribution in [0.1, 0.15) is 94.1 Å². The Morgan fingerprint density at radius 3 is 1.49 bits per heavy atom. The van der Waals surface area contributed by atoms with Gasteiger partial charge in [-0.25, -0.2) is 4.79 Å². The van der Waals surface area contributed by atoms with Crippen LogP contribution in [0.25, 0.3) is 10.9 Å². The molecule has 0 saturated carbocycles. The lowest BCUT2D eigenvalue weighted by atomic mass is 9.98. The molecule has 0 aliphatic heterocycles. The number of nitrogens with one attached hydrogen (secondary N) is 9. The van der Waals surface area contributed by atoms with Gasteiger partial charge in [0.1, 0.15) is 42.3 Å². The predicted molar refractivity (Wildman–Crippen MR) is 256 cm³/mol. The Labute approximate surface area is 403 Å². The van der Waals surface area contributed by atoms with Gasteiger partial charge >= 0.3 is 5.97 Å². The quantitative estimate of drug-likeness (QED) is 0.0469. The zero-order chi connectivity index (χ0) is 52.3. The molecule has 0 radical (unpaired) electrons. The maximum atomic E-state index is 14.1. The smallest absolute Gasteiger partial charge is 0.328 e. The molecule has 0 fully saturated rings. The van der Waals surface area contributed by atoms with E-state index in [0.29, 0.717) is 12.0 Å². The fraction of sp³-hybridized carbons (Fsp3) is 0.638. The van der Waals surface area contributed by atoms with E-state index in [0.717, 1.165) is 10.9 Å². The number of amides is 8. The molecule has 22 nitrogen and oxygen atoms in total. The third-order valence-electron chi connectivity index (χ3n) is 11.0. The van der Waals surface area contributed by atoms with Gasteiger partial charge in [0.25, 0.3) is 0 Å². The van der Waals surface area contributed by atoms with Crippen molar-refractivity contribution in [3.63, 3.8) is 0 Å². The average molecular weight is 973 g/mol. The van der Waals surface area contributed by atoms with Gasteiger partial charge < -0.3 is 68.6 Å². The number of carbonyl (C=O) groups is 9. The molecule has 2 rings (SSSR count).